The van der Waals surface area contributed by atoms with E-state index in [4.69, 9.17) is 20.0 Å². The molecule has 0 saturated carbocycles. The quantitative estimate of drug-likeness (QED) is 0.347. The number of rotatable bonds is 3. The van der Waals surface area contributed by atoms with E-state index in [-0.39, 0.29) is 0 Å². The zero-order chi connectivity index (χ0) is 10.9. The largest absolute Gasteiger partial charge is 0.506 e. The highest BCUT2D eigenvalue weighted by Gasteiger charge is 2.35. The van der Waals surface area contributed by atoms with Gasteiger partial charge in [0.1, 0.15) is 6.61 Å². The van der Waals surface area contributed by atoms with Gasteiger partial charge >= 0.3 is 13.8 Å². The van der Waals surface area contributed by atoms with Crippen molar-refractivity contribution in [2.24, 2.45) is 0 Å². The molecule has 0 aromatic carbocycles. The molecule has 1 atom stereocenters. The van der Waals surface area contributed by atoms with E-state index in [0.29, 0.717) is 0 Å². The van der Waals surface area contributed by atoms with Gasteiger partial charge in [-0.1, -0.05) is 0 Å². The topological polar surface area (TPSA) is 134 Å². The summed E-state index contributed by atoms with van der Waals surface area (Å²) in [5.41, 5.74) is 0. The van der Waals surface area contributed by atoms with Gasteiger partial charge in [-0.3, -0.25) is 4.52 Å². The number of carbonyl (C=O) groups excluding carboxylic acids is 1. The van der Waals surface area contributed by atoms with E-state index < -0.39 is 38.0 Å². The third kappa shape index (κ3) is 2.53. The van der Waals surface area contributed by atoms with Gasteiger partial charge in [0, 0.05) is 0 Å². The maximum Gasteiger partial charge on any atom is 0.470 e. The summed E-state index contributed by atoms with van der Waals surface area (Å²) in [6.45, 7) is -0.793. The van der Waals surface area contributed by atoms with Crippen molar-refractivity contribution in [3.8, 4) is 0 Å². The Hall–Kier alpha value is -0.920. The molecular formula is C5H7O8P. The molecule has 8 nitrogen and oxygen atoms in total. The lowest BCUT2D eigenvalue weighted by molar-refractivity contribution is -0.144. The van der Waals surface area contributed by atoms with Gasteiger partial charge in [0.15, 0.2) is 11.5 Å². The Bertz CT molecular complexity index is 327. The van der Waals surface area contributed by atoms with Crippen molar-refractivity contribution in [2.75, 3.05) is 6.61 Å². The normalized spacial score (nSPS) is 22.8. The van der Waals surface area contributed by atoms with Crippen LogP contribution in [-0.2, 0) is 18.6 Å². The fourth-order valence-corrected chi connectivity index (χ4v) is 1.03. The molecule has 1 unspecified atom stereocenters. The van der Waals surface area contributed by atoms with Crippen molar-refractivity contribution in [3.63, 3.8) is 0 Å². The molecule has 1 rings (SSSR count). The molecular weight excluding hydrogens is 219 g/mol. The molecule has 0 fully saturated rings. The summed E-state index contributed by atoms with van der Waals surface area (Å²) in [5, 5.41) is 17.8. The van der Waals surface area contributed by atoms with Gasteiger partial charge in [-0.05, 0) is 0 Å². The van der Waals surface area contributed by atoms with E-state index in [1.807, 2.05) is 0 Å². The average molecular weight is 226 g/mol. The van der Waals surface area contributed by atoms with Crippen molar-refractivity contribution in [1.29, 1.82) is 0 Å². The van der Waals surface area contributed by atoms with E-state index >= 15 is 0 Å². The van der Waals surface area contributed by atoms with Crippen molar-refractivity contribution < 1.29 is 38.6 Å². The van der Waals surface area contributed by atoms with Crippen LogP contribution in [0, 0.1) is 0 Å². The van der Waals surface area contributed by atoms with Crippen molar-refractivity contribution >= 4 is 13.8 Å². The van der Waals surface area contributed by atoms with Crippen LogP contribution < -0.4 is 0 Å². The number of hydrogen-bond acceptors (Lipinski definition) is 6. The van der Waals surface area contributed by atoms with Crippen LogP contribution in [0.3, 0.4) is 0 Å². The van der Waals surface area contributed by atoms with E-state index in [1.54, 1.807) is 0 Å². The fourth-order valence-electron chi connectivity index (χ4n) is 0.740. The molecule has 0 spiro atoms. The highest BCUT2D eigenvalue weighted by Crippen LogP contribution is 2.37. The molecule has 1 aliphatic rings. The number of cyclic esters (lactones) is 1. The van der Waals surface area contributed by atoms with Crippen LogP contribution in [0.2, 0.25) is 0 Å². The SMILES string of the molecule is O=C1OC(COP(=O)(O)O)=C(O)C1O. The molecule has 0 amide bonds. The first-order valence-corrected chi connectivity index (χ1v) is 4.86. The average Bonchev–Trinajstić information content (AvgIpc) is 2.28. The van der Waals surface area contributed by atoms with Gasteiger partial charge in [-0.25, -0.2) is 9.36 Å². The molecule has 0 aromatic heterocycles. The molecule has 0 aromatic rings. The Kier molecular flexibility index (Phi) is 2.93. The van der Waals surface area contributed by atoms with Crippen LogP contribution in [0.15, 0.2) is 11.5 Å². The minimum absolute atomic E-state index is 0.508. The summed E-state index contributed by atoms with van der Waals surface area (Å²) >= 11 is 0. The third-order valence-corrected chi connectivity index (χ3v) is 1.82. The molecule has 0 bridgehead atoms. The summed E-state index contributed by atoms with van der Waals surface area (Å²) in [7, 11) is -4.70. The lowest BCUT2D eigenvalue weighted by atomic mass is 10.3. The van der Waals surface area contributed by atoms with E-state index in [1.165, 1.54) is 0 Å². The second kappa shape index (κ2) is 3.68. The van der Waals surface area contributed by atoms with Crippen LogP contribution in [0.5, 0.6) is 0 Å². The molecule has 0 radical (unpaired) electrons. The fraction of sp³-hybridized carbons (Fsp3) is 0.400. The monoisotopic (exact) mass is 226 g/mol. The summed E-state index contributed by atoms with van der Waals surface area (Å²) in [5.74, 6) is -2.43. The molecule has 0 saturated heterocycles. The minimum Gasteiger partial charge on any atom is -0.506 e. The molecule has 4 N–H and O–H groups in total. The van der Waals surface area contributed by atoms with Gasteiger partial charge in [-0.15, -0.1) is 0 Å². The Morgan fingerprint density at radius 2 is 2.07 bits per heavy atom. The third-order valence-electron chi connectivity index (χ3n) is 1.36. The maximum atomic E-state index is 10.6. The first-order valence-electron chi connectivity index (χ1n) is 3.33. The van der Waals surface area contributed by atoms with Crippen LogP contribution >= 0.6 is 7.82 Å². The lowest BCUT2D eigenvalue weighted by Crippen LogP contribution is -2.16. The number of aliphatic hydroxyl groups excluding tert-OH is 2. The molecule has 1 aliphatic heterocycles. The number of ether oxygens (including phenoxy) is 1. The van der Waals surface area contributed by atoms with Gasteiger partial charge < -0.3 is 24.7 Å². The first-order chi connectivity index (χ1) is 6.31. The molecule has 0 aliphatic carbocycles. The standard InChI is InChI=1S/C5H7O8P/c6-3-2(1-12-14(9,10)11)13-5(8)4(3)7/h4,6-7H,1H2,(H2,9,10,11). The predicted molar refractivity (Wildman–Crippen MR) is 39.7 cm³/mol. The molecule has 9 heteroatoms. The van der Waals surface area contributed by atoms with Crippen LogP contribution in [0.1, 0.15) is 0 Å². The molecule has 80 valence electrons. The molecule has 14 heavy (non-hydrogen) atoms. The summed E-state index contributed by atoms with van der Waals surface area (Å²) in [6, 6.07) is 0. The van der Waals surface area contributed by atoms with Crippen molar-refractivity contribution in [1.82, 2.24) is 0 Å². The Morgan fingerprint density at radius 1 is 1.50 bits per heavy atom. The number of phosphoric acid groups is 1. The highest BCUT2D eigenvalue weighted by atomic mass is 31.2. The number of phosphoric ester groups is 1. The van der Waals surface area contributed by atoms with Gasteiger partial charge in [-0.2, -0.15) is 0 Å². The second-order valence-corrected chi connectivity index (χ2v) is 3.64. The Balaban J connectivity index is 2.63. The number of esters is 1. The van der Waals surface area contributed by atoms with Crippen molar-refractivity contribution in [2.45, 2.75) is 6.10 Å². The predicted octanol–water partition coefficient (Wildman–Crippen LogP) is -1.22. The highest BCUT2D eigenvalue weighted by molar-refractivity contribution is 7.46. The van der Waals surface area contributed by atoms with Crippen LogP contribution in [0.4, 0.5) is 0 Å². The Morgan fingerprint density at radius 3 is 2.43 bits per heavy atom. The van der Waals surface area contributed by atoms with Gasteiger partial charge in [0.05, 0.1) is 0 Å². The van der Waals surface area contributed by atoms with Crippen LogP contribution in [0.25, 0.3) is 0 Å². The zero-order valence-corrected chi connectivity index (χ0v) is 7.55. The second-order valence-electron chi connectivity index (χ2n) is 2.40. The van der Waals surface area contributed by atoms with Crippen molar-refractivity contribution in [3.05, 3.63) is 11.5 Å². The van der Waals surface area contributed by atoms with E-state index in [2.05, 4.69) is 9.26 Å². The maximum absolute atomic E-state index is 10.6. The zero-order valence-electron chi connectivity index (χ0n) is 6.65. The Labute approximate surface area is 77.6 Å². The lowest BCUT2D eigenvalue weighted by Gasteiger charge is -2.04. The van der Waals surface area contributed by atoms with Gasteiger partial charge in [0.25, 0.3) is 0 Å². The summed E-state index contributed by atoms with van der Waals surface area (Å²) < 4.78 is 18.4. The number of hydrogen-bond donors (Lipinski definition) is 4. The smallest absolute Gasteiger partial charge is 0.470 e. The van der Waals surface area contributed by atoms with E-state index in [0.717, 1.165) is 0 Å². The first kappa shape index (κ1) is 11.2. The van der Waals surface area contributed by atoms with Gasteiger partial charge in [0.2, 0.25) is 6.10 Å². The number of carbonyl (C=O) groups is 1. The molecule has 1 heterocycles. The summed E-state index contributed by atoms with van der Waals surface area (Å²) in [4.78, 5) is 27.2. The minimum atomic E-state index is -4.70. The van der Waals surface area contributed by atoms with Crippen LogP contribution in [-0.4, -0.2) is 38.7 Å². The number of aliphatic hydroxyl groups is 2. The van der Waals surface area contributed by atoms with E-state index in [9.17, 15) is 9.36 Å². The summed E-state index contributed by atoms with van der Waals surface area (Å²) in [6.07, 6.45) is -1.81.